The number of hydrogen-bond donors (Lipinski definition) is 0. The minimum atomic E-state index is -0.179. The van der Waals surface area contributed by atoms with Crippen molar-refractivity contribution in [3.05, 3.63) is 40.5 Å². The van der Waals surface area contributed by atoms with Crippen molar-refractivity contribution in [3.8, 4) is 11.1 Å². The van der Waals surface area contributed by atoms with Gasteiger partial charge in [0.1, 0.15) is 15.7 Å². The smallest absolute Gasteiger partial charge is 0.305 e. The van der Waals surface area contributed by atoms with E-state index in [1.54, 1.807) is 23.1 Å². The predicted molar refractivity (Wildman–Crippen MR) is 105 cm³/mol. The highest BCUT2D eigenvalue weighted by Gasteiger charge is 2.15. The van der Waals surface area contributed by atoms with E-state index in [0.29, 0.717) is 11.4 Å². The van der Waals surface area contributed by atoms with E-state index >= 15 is 0 Å². The van der Waals surface area contributed by atoms with Gasteiger partial charge in [0, 0.05) is 28.1 Å². The number of halogens is 1. The largest absolute Gasteiger partial charge is 0.469 e. The summed E-state index contributed by atoms with van der Waals surface area (Å²) in [5.41, 5.74) is 2.21. The number of nitrogens with zero attached hydrogens (tertiary/aromatic N) is 2. The summed E-state index contributed by atoms with van der Waals surface area (Å²) in [5.74, 6) is 1.38. The molecule has 0 N–H and O–H groups in total. The minimum absolute atomic E-state index is 0.179. The molecule has 7 heteroatoms. The summed E-state index contributed by atoms with van der Waals surface area (Å²) in [6, 6.07) is 7.79. The first-order chi connectivity index (χ1) is 12.1. The lowest BCUT2D eigenvalue weighted by Crippen LogP contribution is -2.00. The summed E-state index contributed by atoms with van der Waals surface area (Å²) in [6.07, 6.45) is 1.17. The highest BCUT2D eigenvalue weighted by molar-refractivity contribution is 7.99. The van der Waals surface area contributed by atoms with Crippen LogP contribution in [0.3, 0.4) is 0 Å². The van der Waals surface area contributed by atoms with Crippen molar-refractivity contribution in [2.24, 2.45) is 0 Å². The Morgan fingerprint density at radius 1 is 1.28 bits per heavy atom. The Morgan fingerprint density at radius 2 is 2.04 bits per heavy atom. The van der Waals surface area contributed by atoms with Crippen LogP contribution in [0.1, 0.15) is 18.7 Å². The highest BCUT2D eigenvalue weighted by Crippen LogP contribution is 2.38. The van der Waals surface area contributed by atoms with Gasteiger partial charge in [-0.05, 0) is 31.0 Å². The SMILES string of the molecule is COC(=O)CCCSc1nc(C)nc2scc(-c3ccc(Cl)cc3)c12. The van der Waals surface area contributed by atoms with Crippen LogP contribution in [0.5, 0.6) is 0 Å². The third-order valence-electron chi connectivity index (χ3n) is 3.66. The average molecular weight is 393 g/mol. The summed E-state index contributed by atoms with van der Waals surface area (Å²) in [5, 5.41) is 4.85. The molecule has 3 aromatic rings. The van der Waals surface area contributed by atoms with Gasteiger partial charge in [0.25, 0.3) is 0 Å². The molecule has 0 unspecified atom stereocenters. The number of rotatable bonds is 6. The van der Waals surface area contributed by atoms with Crippen LogP contribution >= 0.6 is 34.7 Å². The van der Waals surface area contributed by atoms with Crippen LogP contribution < -0.4 is 0 Å². The highest BCUT2D eigenvalue weighted by atomic mass is 35.5. The fourth-order valence-electron chi connectivity index (χ4n) is 2.45. The van der Waals surface area contributed by atoms with Crippen LogP contribution in [-0.2, 0) is 9.53 Å². The number of fused-ring (bicyclic) bond motifs is 1. The van der Waals surface area contributed by atoms with Crippen molar-refractivity contribution in [1.82, 2.24) is 9.97 Å². The number of carbonyl (C=O) groups is 1. The zero-order valence-electron chi connectivity index (χ0n) is 13.9. The number of methoxy groups -OCH3 is 1. The fourth-order valence-corrected chi connectivity index (χ4v) is 4.66. The maximum atomic E-state index is 11.2. The second kappa shape index (κ2) is 8.17. The van der Waals surface area contributed by atoms with Crippen LogP contribution in [0.4, 0.5) is 0 Å². The monoisotopic (exact) mass is 392 g/mol. The molecule has 3 rings (SSSR count). The third-order valence-corrected chi connectivity index (χ3v) is 5.84. The van der Waals surface area contributed by atoms with Gasteiger partial charge in [-0.15, -0.1) is 23.1 Å². The number of hydrogen-bond acceptors (Lipinski definition) is 6. The average Bonchev–Trinajstić information content (AvgIpc) is 3.02. The van der Waals surface area contributed by atoms with Crippen molar-refractivity contribution in [3.63, 3.8) is 0 Å². The van der Waals surface area contributed by atoms with E-state index in [1.165, 1.54) is 7.11 Å². The van der Waals surface area contributed by atoms with Gasteiger partial charge < -0.3 is 4.74 Å². The van der Waals surface area contributed by atoms with Crippen molar-refractivity contribution in [1.29, 1.82) is 0 Å². The molecule has 0 saturated carbocycles. The van der Waals surface area contributed by atoms with Crippen LogP contribution in [0.15, 0.2) is 34.7 Å². The molecule has 0 fully saturated rings. The molecule has 0 aliphatic rings. The number of thioether (sulfide) groups is 1. The molecule has 0 aliphatic carbocycles. The van der Waals surface area contributed by atoms with E-state index in [2.05, 4.69) is 20.1 Å². The van der Waals surface area contributed by atoms with Crippen LogP contribution in [0, 0.1) is 6.92 Å². The molecule has 25 heavy (non-hydrogen) atoms. The van der Waals surface area contributed by atoms with Crippen molar-refractivity contribution in [2.75, 3.05) is 12.9 Å². The Morgan fingerprint density at radius 3 is 2.76 bits per heavy atom. The quantitative estimate of drug-likeness (QED) is 0.244. The Balaban J connectivity index is 1.90. The molecule has 0 amide bonds. The van der Waals surface area contributed by atoms with Gasteiger partial charge in [-0.2, -0.15) is 0 Å². The number of ether oxygens (including phenoxy) is 1. The Labute approximate surface area is 159 Å². The maximum Gasteiger partial charge on any atom is 0.305 e. The Bertz CT molecular complexity index is 894. The molecule has 2 heterocycles. The molecule has 0 aliphatic heterocycles. The first-order valence-corrected chi connectivity index (χ1v) is 10.0. The van der Waals surface area contributed by atoms with E-state index in [4.69, 9.17) is 11.6 Å². The normalized spacial score (nSPS) is 11.0. The van der Waals surface area contributed by atoms with E-state index in [-0.39, 0.29) is 5.97 Å². The first kappa shape index (κ1) is 18.2. The summed E-state index contributed by atoms with van der Waals surface area (Å²) in [6.45, 7) is 1.90. The lowest BCUT2D eigenvalue weighted by molar-refractivity contribution is -0.140. The van der Waals surface area contributed by atoms with E-state index in [9.17, 15) is 4.79 Å². The first-order valence-electron chi connectivity index (χ1n) is 7.80. The molecule has 0 saturated heterocycles. The van der Waals surface area contributed by atoms with Crippen LogP contribution in [-0.4, -0.2) is 28.8 Å². The summed E-state index contributed by atoms with van der Waals surface area (Å²) in [7, 11) is 1.41. The minimum Gasteiger partial charge on any atom is -0.469 e. The zero-order valence-corrected chi connectivity index (χ0v) is 16.3. The van der Waals surface area contributed by atoms with Crippen molar-refractivity contribution >= 4 is 50.9 Å². The lowest BCUT2D eigenvalue weighted by Gasteiger charge is -2.07. The van der Waals surface area contributed by atoms with Gasteiger partial charge in [0.15, 0.2) is 0 Å². The molecule has 0 radical (unpaired) electrons. The van der Waals surface area contributed by atoms with Crippen LogP contribution in [0.25, 0.3) is 21.3 Å². The summed E-state index contributed by atoms with van der Waals surface area (Å²) in [4.78, 5) is 21.4. The van der Waals surface area contributed by atoms with Crippen molar-refractivity contribution < 1.29 is 9.53 Å². The molecular formula is C18H17ClN2O2S2. The number of aryl methyl sites for hydroxylation is 1. The number of carbonyl (C=O) groups excluding carboxylic acids is 1. The molecule has 1 aromatic carbocycles. The third kappa shape index (κ3) is 4.32. The summed E-state index contributed by atoms with van der Waals surface area (Å²) >= 11 is 9.27. The van der Waals surface area contributed by atoms with E-state index in [1.807, 2.05) is 31.2 Å². The lowest BCUT2D eigenvalue weighted by atomic mass is 10.1. The molecule has 130 valence electrons. The van der Waals surface area contributed by atoms with Gasteiger partial charge in [0.05, 0.1) is 12.5 Å². The van der Waals surface area contributed by atoms with Gasteiger partial charge >= 0.3 is 5.97 Å². The Kier molecular flexibility index (Phi) is 5.93. The molecule has 2 aromatic heterocycles. The fraction of sp³-hybridized carbons (Fsp3) is 0.278. The van der Waals surface area contributed by atoms with Gasteiger partial charge in [0.2, 0.25) is 0 Å². The zero-order chi connectivity index (χ0) is 17.8. The number of esters is 1. The van der Waals surface area contributed by atoms with E-state index < -0.39 is 0 Å². The van der Waals surface area contributed by atoms with Crippen molar-refractivity contribution in [2.45, 2.75) is 24.8 Å². The molecular weight excluding hydrogens is 376 g/mol. The van der Waals surface area contributed by atoms with E-state index in [0.717, 1.165) is 44.4 Å². The standard InChI is InChI=1S/C18H17ClN2O2S2/c1-11-20-17(24-9-3-4-15(22)23-2)16-14(10-25-18(16)21-11)12-5-7-13(19)8-6-12/h5-8,10H,3-4,9H2,1-2H3. The molecule has 0 bridgehead atoms. The Hall–Kier alpha value is -1.63. The van der Waals surface area contributed by atoms with Crippen LogP contribution in [0.2, 0.25) is 5.02 Å². The molecule has 4 nitrogen and oxygen atoms in total. The predicted octanol–water partition coefficient (Wildman–Crippen LogP) is 5.37. The molecule has 0 atom stereocenters. The summed E-state index contributed by atoms with van der Waals surface area (Å²) < 4.78 is 4.68. The second-order valence-electron chi connectivity index (χ2n) is 5.44. The molecule has 0 spiro atoms. The number of benzene rings is 1. The van der Waals surface area contributed by atoms with Gasteiger partial charge in [-0.25, -0.2) is 9.97 Å². The van der Waals surface area contributed by atoms with Gasteiger partial charge in [-0.3, -0.25) is 4.79 Å². The maximum absolute atomic E-state index is 11.2. The van der Waals surface area contributed by atoms with Gasteiger partial charge in [-0.1, -0.05) is 23.7 Å². The second-order valence-corrected chi connectivity index (χ2v) is 7.82. The topological polar surface area (TPSA) is 52.1 Å². The number of aromatic nitrogens is 2. The number of thiophene rings is 1.